The molecule has 2 aromatic rings. The monoisotopic (exact) mass is 421 g/mol. The van der Waals surface area contributed by atoms with E-state index in [9.17, 15) is 4.79 Å². The van der Waals surface area contributed by atoms with E-state index in [-0.39, 0.29) is 5.56 Å². The number of halogens is 2. The molecule has 4 nitrogen and oxygen atoms in total. The first kappa shape index (κ1) is 18.4. The SMILES string of the molecule is O=c1[nH]cc(C=Cc2ccc(Cl)cc2Br)cc1CNCC1CCNC1. The minimum atomic E-state index is -0.0399. The molecule has 0 amide bonds. The molecule has 132 valence electrons. The van der Waals surface area contributed by atoms with Crippen LogP contribution in [0.25, 0.3) is 12.2 Å². The molecule has 1 atom stereocenters. The molecular formula is C19H21BrClN3O. The molecule has 0 radical (unpaired) electrons. The van der Waals surface area contributed by atoms with Crippen LogP contribution in [0.2, 0.25) is 5.02 Å². The van der Waals surface area contributed by atoms with Gasteiger partial charge in [-0.15, -0.1) is 0 Å². The highest BCUT2D eigenvalue weighted by Gasteiger charge is 2.13. The van der Waals surface area contributed by atoms with Gasteiger partial charge in [0, 0.05) is 27.8 Å². The van der Waals surface area contributed by atoms with E-state index < -0.39 is 0 Å². The first-order valence-electron chi connectivity index (χ1n) is 8.38. The van der Waals surface area contributed by atoms with E-state index in [4.69, 9.17) is 11.6 Å². The van der Waals surface area contributed by atoms with Gasteiger partial charge < -0.3 is 15.6 Å². The summed E-state index contributed by atoms with van der Waals surface area (Å²) in [7, 11) is 0. The Morgan fingerprint density at radius 3 is 2.96 bits per heavy atom. The number of nitrogens with one attached hydrogen (secondary N) is 3. The molecule has 1 aliphatic heterocycles. The van der Waals surface area contributed by atoms with Crippen molar-refractivity contribution in [1.29, 1.82) is 0 Å². The predicted octanol–water partition coefficient (Wildman–Crippen LogP) is 3.66. The average Bonchev–Trinajstić information content (AvgIpc) is 3.10. The van der Waals surface area contributed by atoms with Crippen molar-refractivity contribution in [3.63, 3.8) is 0 Å². The van der Waals surface area contributed by atoms with Crippen LogP contribution in [0, 0.1) is 5.92 Å². The quantitative estimate of drug-likeness (QED) is 0.666. The molecule has 1 aliphatic rings. The van der Waals surface area contributed by atoms with Crippen LogP contribution in [-0.4, -0.2) is 24.6 Å². The maximum atomic E-state index is 12.0. The van der Waals surface area contributed by atoms with Crippen molar-refractivity contribution < 1.29 is 0 Å². The lowest BCUT2D eigenvalue weighted by Crippen LogP contribution is -2.27. The van der Waals surface area contributed by atoms with Gasteiger partial charge in [0.15, 0.2) is 0 Å². The van der Waals surface area contributed by atoms with Crippen LogP contribution in [-0.2, 0) is 6.54 Å². The number of hydrogen-bond acceptors (Lipinski definition) is 3. The minimum absolute atomic E-state index is 0.0399. The zero-order valence-electron chi connectivity index (χ0n) is 13.8. The number of hydrogen-bond donors (Lipinski definition) is 3. The summed E-state index contributed by atoms with van der Waals surface area (Å²) in [6.07, 6.45) is 6.90. The summed E-state index contributed by atoms with van der Waals surface area (Å²) in [6, 6.07) is 7.60. The molecule has 0 saturated carbocycles. The highest BCUT2D eigenvalue weighted by Crippen LogP contribution is 2.23. The van der Waals surface area contributed by atoms with Gasteiger partial charge in [0.25, 0.3) is 5.56 Å². The van der Waals surface area contributed by atoms with Crippen LogP contribution in [0.4, 0.5) is 0 Å². The standard InChI is InChI=1S/C19H21BrClN3O/c20-18-8-17(21)4-3-15(18)2-1-13-7-16(19(25)24-11-13)12-23-10-14-5-6-22-9-14/h1-4,7-8,11,14,22-23H,5-6,9-10,12H2,(H,24,25). The van der Waals surface area contributed by atoms with Crippen molar-refractivity contribution >= 4 is 39.7 Å². The van der Waals surface area contributed by atoms with Crippen LogP contribution in [0.15, 0.2) is 39.7 Å². The zero-order chi connectivity index (χ0) is 17.6. The predicted molar refractivity (Wildman–Crippen MR) is 108 cm³/mol. The number of rotatable bonds is 6. The normalized spacial score (nSPS) is 17.4. The molecule has 25 heavy (non-hydrogen) atoms. The number of H-pyrrole nitrogens is 1. The molecule has 1 fully saturated rings. The zero-order valence-corrected chi connectivity index (χ0v) is 16.2. The molecule has 0 bridgehead atoms. The van der Waals surface area contributed by atoms with Gasteiger partial charge in [-0.3, -0.25) is 4.79 Å². The summed E-state index contributed by atoms with van der Waals surface area (Å²) in [5.74, 6) is 0.657. The van der Waals surface area contributed by atoms with Crippen molar-refractivity contribution in [1.82, 2.24) is 15.6 Å². The largest absolute Gasteiger partial charge is 0.328 e. The van der Waals surface area contributed by atoms with E-state index in [0.29, 0.717) is 17.5 Å². The van der Waals surface area contributed by atoms with Gasteiger partial charge in [0.1, 0.15) is 0 Å². The Morgan fingerprint density at radius 2 is 2.20 bits per heavy atom. The molecule has 3 rings (SSSR count). The number of benzene rings is 1. The number of aromatic amines is 1. The fourth-order valence-corrected chi connectivity index (χ4v) is 3.71. The molecule has 1 unspecified atom stereocenters. The van der Waals surface area contributed by atoms with E-state index in [1.165, 1.54) is 6.42 Å². The molecule has 2 heterocycles. The summed E-state index contributed by atoms with van der Waals surface area (Å²) in [4.78, 5) is 14.8. The third-order valence-corrected chi connectivity index (χ3v) is 5.25. The Labute approximate surface area is 160 Å². The van der Waals surface area contributed by atoms with Crippen LogP contribution in [0.5, 0.6) is 0 Å². The van der Waals surface area contributed by atoms with E-state index in [2.05, 4.69) is 31.5 Å². The maximum absolute atomic E-state index is 12.0. The molecule has 1 saturated heterocycles. The fourth-order valence-electron chi connectivity index (χ4n) is 2.90. The van der Waals surface area contributed by atoms with Crippen molar-refractivity contribution in [3.8, 4) is 0 Å². The summed E-state index contributed by atoms with van der Waals surface area (Å²) < 4.78 is 0.938. The van der Waals surface area contributed by atoms with Gasteiger partial charge in [-0.25, -0.2) is 0 Å². The summed E-state index contributed by atoms with van der Waals surface area (Å²) in [5, 5.41) is 7.44. The first-order chi connectivity index (χ1) is 12.1. The lowest BCUT2D eigenvalue weighted by atomic mass is 10.1. The molecule has 0 spiro atoms. The Morgan fingerprint density at radius 1 is 1.32 bits per heavy atom. The number of pyridine rings is 1. The second-order valence-corrected chi connectivity index (χ2v) is 7.57. The maximum Gasteiger partial charge on any atom is 0.252 e. The second-order valence-electron chi connectivity index (χ2n) is 6.28. The van der Waals surface area contributed by atoms with E-state index in [1.54, 1.807) is 6.20 Å². The van der Waals surface area contributed by atoms with Crippen LogP contribution in [0.1, 0.15) is 23.1 Å². The van der Waals surface area contributed by atoms with Gasteiger partial charge in [0.05, 0.1) is 0 Å². The highest BCUT2D eigenvalue weighted by molar-refractivity contribution is 9.10. The van der Waals surface area contributed by atoms with E-state index in [1.807, 2.05) is 36.4 Å². The topological polar surface area (TPSA) is 56.9 Å². The van der Waals surface area contributed by atoms with E-state index >= 15 is 0 Å². The van der Waals surface area contributed by atoms with Crippen LogP contribution >= 0.6 is 27.5 Å². The van der Waals surface area contributed by atoms with Gasteiger partial charge in [-0.05, 0) is 61.3 Å². The van der Waals surface area contributed by atoms with Crippen LogP contribution in [0.3, 0.4) is 0 Å². The summed E-state index contributed by atoms with van der Waals surface area (Å²) in [6.45, 7) is 3.66. The lowest BCUT2D eigenvalue weighted by Gasteiger charge is -2.09. The van der Waals surface area contributed by atoms with E-state index in [0.717, 1.165) is 40.8 Å². The number of aromatic nitrogens is 1. The Kier molecular flexibility index (Phi) is 6.48. The molecule has 6 heteroatoms. The van der Waals surface area contributed by atoms with Crippen LogP contribution < -0.4 is 16.2 Å². The van der Waals surface area contributed by atoms with Crippen molar-refractivity contribution in [2.24, 2.45) is 5.92 Å². The smallest absolute Gasteiger partial charge is 0.252 e. The molecule has 3 N–H and O–H groups in total. The van der Waals surface area contributed by atoms with Crippen molar-refractivity contribution in [2.45, 2.75) is 13.0 Å². The van der Waals surface area contributed by atoms with Gasteiger partial charge in [-0.1, -0.05) is 45.7 Å². The average molecular weight is 423 g/mol. The Hall–Kier alpha value is -1.40. The van der Waals surface area contributed by atoms with Gasteiger partial charge in [0.2, 0.25) is 0 Å². The summed E-state index contributed by atoms with van der Waals surface area (Å²) >= 11 is 9.47. The van der Waals surface area contributed by atoms with Crippen molar-refractivity contribution in [2.75, 3.05) is 19.6 Å². The Bertz CT molecular complexity index is 813. The molecule has 1 aromatic heterocycles. The molecule has 0 aliphatic carbocycles. The molecular weight excluding hydrogens is 402 g/mol. The fraction of sp³-hybridized carbons (Fsp3) is 0.316. The summed E-state index contributed by atoms with van der Waals surface area (Å²) in [5.41, 5.74) is 2.70. The van der Waals surface area contributed by atoms with Gasteiger partial charge >= 0.3 is 0 Å². The van der Waals surface area contributed by atoms with Crippen molar-refractivity contribution in [3.05, 3.63) is 67.0 Å². The highest BCUT2D eigenvalue weighted by atomic mass is 79.9. The van der Waals surface area contributed by atoms with Gasteiger partial charge in [-0.2, -0.15) is 0 Å². The third-order valence-electron chi connectivity index (χ3n) is 4.33. The first-order valence-corrected chi connectivity index (χ1v) is 9.55. The lowest BCUT2D eigenvalue weighted by molar-refractivity contribution is 0.511. The second kappa shape index (κ2) is 8.81. The minimum Gasteiger partial charge on any atom is -0.328 e. The Balaban J connectivity index is 1.65. The third kappa shape index (κ3) is 5.28. The molecule has 1 aromatic carbocycles.